The molecule has 0 radical (unpaired) electrons. The average molecular weight is 300 g/mol. The molecule has 0 saturated heterocycles. The van der Waals surface area contributed by atoms with E-state index in [1.54, 1.807) is 0 Å². The third-order valence-corrected chi connectivity index (χ3v) is 3.97. The van der Waals surface area contributed by atoms with Gasteiger partial charge in [0.05, 0.1) is 6.61 Å². The minimum atomic E-state index is 0.754. The first-order valence-electron chi connectivity index (χ1n) is 9.55. The highest BCUT2D eigenvalue weighted by atomic mass is 16.5. The molecular weight excluding hydrogens is 258 g/mol. The summed E-state index contributed by atoms with van der Waals surface area (Å²) >= 11 is 0. The van der Waals surface area contributed by atoms with Gasteiger partial charge in [0.2, 0.25) is 0 Å². The SMILES string of the molecule is CCCCCCCCCCCCNCCOCCC(C)C. The summed E-state index contributed by atoms with van der Waals surface area (Å²) in [5.41, 5.74) is 0. The fourth-order valence-electron chi connectivity index (χ4n) is 2.43. The number of nitrogens with one attached hydrogen (secondary N) is 1. The van der Waals surface area contributed by atoms with Gasteiger partial charge in [0.25, 0.3) is 0 Å². The highest BCUT2D eigenvalue weighted by molar-refractivity contribution is 4.51. The molecule has 2 heteroatoms. The summed E-state index contributed by atoms with van der Waals surface area (Å²) in [5, 5.41) is 3.47. The summed E-state index contributed by atoms with van der Waals surface area (Å²) in [6.07, 6.45) is 15.3. The second-order valence-electron chi connectivity index (χ2n) is 6.73. The molecule has 0 aliphatic rings. The molecule has 2 nitrogen and oxygen atoms in total. The minimum absolute atomic E-state index is 0.754. The standard InChI is InChI=1S/C19H41NO/c1-4-5-6-7-8-9-10-11-12-13-15-20-16-18-21-17-14-19(2)3/h19-20H,4-18H2,1-3H3. The first-order chi connectivity index (χ1) is 10.3. The van der Waals surface area contributed by atoms with E-state index >= 15 is 0 Å². The van der Waals surface area contributed by atoms with Gasteiger partial charge in [-0.25, -0.2) is 0 Å². The van der Waals surface area contributed by atoms with Crippen molar-refractivity contribution in [3.8, 4) is 0 Å². The topological polar surface area (TPSA) is 21.3 Å². The lowest BCUT2D eigenvalue weighted by Crippen LogP contribution is -2.21. The molecular formula is C19H41NO. The molecule has 128 valence electrons. The van der Waals surface area contributed by atoms with Crippen LogP contribution >= 0.6 is 0 Å². The van der Waals surface area contributed by atoms with Gasteiger partial charge < -0.3 is 10.1 Å². The lowest BCUT2D eigenvalue weighted by atomic mass is 10.1. The summed E-state index contributed by atoms with van der Waals surface area (Å²) in [4.78, 5) is 0. The fraction of sp³-hybridized carbons (Fsp3) is 1.00. The Bertz CT molecular complexity index is 182. The van der Waals surface area contributed by atoms with Crippen LogP contribution < -0.4 is 5.32 Å². The maximum atomic E-state index is 5.58. The van der Waals surface area contributed by atoms with E-state index in [1.165, 1.54) is 70.6 Å². The number of rotatable bonds is 17. The summed E-state index contributed by atoms with van der Waals surface area (Å²) < 4.78 is 5.58. The highest BCUT2D eigenvalue weighted by Gasteiger charge is 1.95. The molecule has 0 aliphatic heterocycles. The molecule has 1 N–H and O–H groups in total. The predicted molar refractivity (Wildman–Crippen MR) is 95.0 cm³/mol. The Morgan fingerprint density at radius 3 is 1.86 bits per heavy atom. The molecule has 0 fully saturated rings. The average Bonchev–Trinajstić information content (AvgIpc) is 2.46. The van der Waals surface area contributed by atoms with Crippen molar-refractivity contribution in [1.82, 2.24) is 5.32 Å². The van der Waals surface area contributed by atoms with Crippen molar-refractivity contribution in [1.29, 1.82) is 0 Å². The van der Waals surface area contributed by atoms with Crippen molar-refractivity contribution in [2.24, 2.45) is 5.92 Å². The summed E-state index contributed by atoms with van der Waals surface area (Å²) in [6, 6.07) is 0. The van der Waals surface area contributed by atoms with Crippen LogP contribution in [-0.4, -0.2) is 26.3 Å². The van der Waals surface area contributed by atoms with Crippen LogP contribution in [0.3, 0.4) is 0 Å². The third-order valence-electron chi connectivity index (χ3n) is 3.97. The van der Waals surface area contributed by atoms with Crippen LogP contribution in [0.4, 0.5) is 0 Å². The minimum Gasteiger partial charge on any atom is -0.380 e. The van der Waals surface area contributed by atoms with Crippen molar-refractivity contribution in [2.75, 3.05) is 26.3 Å². The van der Waals surface area contributed by atoms with Crippen LogP contribution in [0.2, 0.25) is 0 Å². The van der Waals surface area contributed by atoms with Gasteiger partial charge >= 0.3 is 0 Å². The number of hydrogen-bond donors (Lipinski definition) is 1. The van der Waals surface area contributed by atoms with E-state index in [1.807, 2.05) is 0 Å². The Morgan fingerprint density at radius 1 is 0.714 bits per heavy atom. The first-order valence-corrected chi connectivity index (χ1v) is 9.55. The van der Waals surface area contributed by atoms with Gasteiger partial charge in [0.15, 0.2) is 0 Å². The second kappa shape index (κ2) is 18.0. The predicted octanol–water partition coefficient (Wildman–Crippen LogP) is 5.56. The third kappa shape index (κ3) is 19.9. The number of unbranched alkanes of at least 4 members (excludes halogenated alkanes) is 9. The largest absolute Gasteiger partial charge is 0.380 e. The lowest BCUT2D eigenvalue weighted by molar-refractivity contribution is 0.125. The molecule has 0 saturated carbocycles. The van der Waals surface area contributed by atoms with E-state index in [-0.39, 0.29) is 0 Å². The van der Waals surface area contributed by atoms with E-state index in [0.29, 0.717) is 0 Å². The van der Waals surface area contributed by atoms with Gasteiger partial charge in [-0.3, -0.25) is 0 Å². The van der Waals surface area contributed by atoms with E-state index in [9.17, 15) is 0 Å². The summed E-state index contributed by atoms with van der Waals surface area (Å²) in [6.45, 7) is 10.7. The van der Waals surface area contributed by atoms with Gasteiger partial charge in [0, 0.05) is 13.2 Å². The maximum absolute atomic E-state index is 5.58. The van der Waals surface area contributed by atoms with Gasteiger partial charge in [-0.05, 0) is 25.3 Å². The van der Waals surface area contributed by atoms with Crippen LogP contribution in [0, 0.1) is 5.92 Å². The zero-order valence-corrected chi connectivity index (χ0v) is 15.1. The molecule has 0 aromatic heterocycles. The van der Waals surface area contributed by atoms with Gasteiger partial charge in [0.1, 0.15) is 0 Å². The molecule has 0 spiro atoms. The van der Waals surface area contributed by atoms with Crippen LogP contribution in [0.1, 0.15) is 91.4 Å². The Hall–Kier alpha value is -0.0800. The monoisotopic (exact) mass is 299 g/mol. The molecule has 0 atom stereocenters. The van der Waals surface area contributed by atoms with E-state index in [0.717, 1.165) is 32.2 Å². The quantitative estimate of drug-likeness (QED) is 0.355. The van der Waals surface area contributed by atoms with E-state index < -0.39 is 0 Å². The molecule has 0 aliphatic carbocycles. The zero-order chi connectivity index (χ0) is 15.6. The number of ether oxygens (including phenoxy) is 1. The molecule has 0 aromatic carbocycles. The van der Waals surface area contributed by atoms with Crippen molar-refractivity contribution in [3.05, 3.63) is 0 Å². The Labute approximate surface area is 134 Å². The van der Waals surface area contributed by atoms with Crippen molar-refractivity contribution >= 4 is 0 Å². The maximum Gasteiger partial charge on any atom is 0.0590 e. The lowest BCUT2D eigenvalue weighted by Gasteiger charge is -2.07. The molecule has 0 amide bonds. The summed E-state index contributed by atoms with van der Waals surface area (Å²) in [5.74, 6) is 0.754. The number of hydrogen-bond acceptors (Lipinski definition) is 2. The Morgan fingerprint density at radius 2 is 1.29 bits per heavy atom. The normalized spacial score (nSPS) is 11.4. The van der Waals surface area contributed by atoms with Gasteiger partial charge in [-0.1, -0.05) is 78.6 Å². The fourth-order valence-corrected chi connectivity index (χ4v) is 2.43. The second-order valence-corrected chi connectivity index (χ2v) is 6.73. The van der Waals surface area contributed by atoms with Gasteiger partial charge in [-0.15, -0.1) is 0 Å². The zero-order valence-electron chi connectivity index (χ0n) is 15.1. The Balaban J connectivity index is 2.93. The summed E-state index contributed by atoms with van der Waals surface area (Å²) in [7, 11) is 0. The van der Waals surface area contributed by atoms with Gasteiger partial charge in [-0.2, -0.15) is 0 Å². The van der Waals surface area contributed by atoms with Crippen molar-refractivity contribution < 1.29 is 4.74 Å². The molecule has 0 aromatic rings. The molecule has 21 heavy (non-hydrogen) atoms. The molecule has 0 rings (SSSR count). The van der Waals surface area contributed by atoms with Crippen LogP contribution in [0.25, 0.3) is 0 Å². The van der Waals surface area contributed by atoms with Crippen LogP contribution in [0.5, 0.6) is 0 Å². The molecule has 0 bridgehead atoms. The molecule has 0 unspecified atom stereocenters. The van der Waals surface area contributed by atoms with Crippen LogP contribution in [0.15, 0.2) is 0 Å². The van der Waals surface area contributed by atoms with E-state index in [4.69, 9.17) is 4.74 Å². The smallest absolute Gasteiger partial charge is 0.0590 e. The Kier molecular flexibility index (Phi) is 17.9. The molecule has 0 heterocycles. The van der Waals surface area contributed by atoms with E-state index in [2.05, 4.69) is 26.1 Å². The first kappa shape index (κ1) is 20.9. The van der Waals surface area contributed by atoms with Crippen LogP contribution in [-0.2, 0) is 4.74 Å². The highest BCUT2D eigenvalue weighted by Crippen LogP contribution is 2.10. The van der Waals surface area contributed by atoms with Crippen molar-refractivity contribution in [3.63, 3.8) is 0 Å². The van der Waals surface area contributed by atoms with Crippen molar-refractivity contribution in [2.45, 2.75) is 91.4 Å².